The van der Waals surface area contributed by atoms with Crippen molar-refractivity contribution >= 4 is 28.3 Å². The largest absolute Gasteiger partial charge is 0.393 e. The van der Waals surface area contributed by atoms with Gasteiger partial charge in [-0.2, -0.15) is 5.10 Å². The molecule has 0 aliphatic heterocycles. The number of aliphatic hydroxyl groups excluding tert-OH is 1. The summed E-state index contributed by atoms with van der Waals surface area (Å²) >= 11 is 1.64. The van der Waals surface area contributed by atoms with Crippen LogP contribution in [0.1, 0.15) is 45.5 Å². The number of thiophene rings is 1. The lowest BCUT2D eigenvalue weighted by Gasteiger charge is -2.37. The van der Waals surface area contributed by atoms with Gasteiger partial charge >= 0.3 is 0 Å². The summed E-state index contributed by atoms with van der Waals surface area (Å²) in [6.07, 6.45) is 1.19. The Kier molecular flexibility index (Phi) is 4.28. The van der Waals surface area contributed by atoms with E-state index in [0.29, 0.717) is 5.56 Å². The summed E-state index contributed by atoms with van der Waals surface area (Å²) in [6, 6.07) is 5.79. The fourth-order valence-electron chi connectivity index (χ4n) is 3.76. The van der Waals surface area contributed by atoms with Crippen molar-refractivity contribution in [1.82, 2.24) is 20.1 Å². The highest BCUT2D eigenvalue weighted by Gasteiger charge is 2.36. The van der Waals surface area contributed by atoms with Crippen LogP contribution in [0, 0.1) is 19.8 Å². The van der Waals surface area contributed by atoms with Crippen molar-refractivity contribution in [2.75, 3.05) is 0 Å². The molecule has 2 N–H and O–H groups in total. The second-order valence-electron chi connectivity index (χ2n) is 7.07. The Hall–Kier alpha value is -2.25. The molecule has 0 saturated heterocycles. The Labute approximate surface area is 155 Å². The molecule has 7 heteroatoms. The first kappa shape index (κ1) is 17.2. The Morgan fingerprint density at radius 3 is 2.85 bits per heavy atom. The summed E-state index contributed by atoms with van der Waals surface area (Å²) in [6.45, 7) is 3.78. The lowest BCUT2D eigenvalue weighted by atomic mass is 9.76. The maximum absolute atomic E-state index is 13.2. The number of nitrogens with one attached hydrogen (secondary N) is 1. The van der Waals surface area contributed by atoms with Crippen LogP contribution >= 0.6 is 11.3 Å². The van der Waals surface area contributed by atoms with Gasteiger partial charge in [0.05, 0.1) is 28.8 Å². The maximum Gasteiger partial charge on any atom is 0.252 e. The minimum atomic E-state index is -0.255. The number of hydrogen-bond donors (Lipinski definition) is 2. The number of aromatic nitrogens is 3. The number of amides is 1. The number of carbonyl (C=O) groups excluding carboxylic acids is 1. The first-order valence-corrected chi connectivity index (χ1v) is 9.65. The van der Waals surface area contributed by atoms with E-state index in [4.69, 9.17) is 0 Å². The highest BCUT2D eigenvalue weighted by molar-refractivity contribution is 7.10. The molecule has 0 spiro atoms. The highest BCUT2D eigenvalue weighted by atomic mass is 32.1. The molecule has 1 atom stereocenters. The predicted molar refractivity (Wildman–Crippen MR) is 101 cm³/mol. The third kappa shape index (κ3) is 2.91. The molecule has 1 aliphatic rings. The topological polar surface area (TPSA) is 80.0 Å². The van der Waals surface area contributed by atoms with Crippen molar-refractivity contribution in [2.24, 2.45) is 13.0 Å². The molecule has 0 bridgehead atoms. The molecule has 0 radical (unpaired) electrons. The van der Waals surface area contributed by atoms with Crippen LogP contribution in [0.2, 0.25) is 0 Å². The molecule has 3 aromatic rings. The van der Waals surface area contributed by atoms with Gasteiger partial charge in [-0.25, -0.2) is 4.98 Å². The average molecular weight is 370 g/mol. The predicted octanol–water partition coefficient (Wildman–Crippen LogP) is 2.89. The molecule has 1 aliphatic carbocycles. The molecule has 6 nitrogen and oxygen atoms in total. The van der Waals surface area contributed by atoms with Crippen LogP contribution in [0.5, 0.6) is 0 Å². The summed E-state index contributed by atoms with van der Waals surface area (Å²) < 4.78 is 1.72. The second kappa shape index (κ2) is 6.48. The molecular weight excluding hydrogens is 348 g/mol. The minimum absolute atomic E-state index is 0.0774. The van der Waals surface area contributed by atoms with E-state index in [2.05, 4.69) is 15.4 Å². The first-order valence-electron chi connectivity index (χ1n) is 8.77. The van der Waals surface area contributed by atoms with Crippen LogP contribution < -0.4 is 5.32 Å². The van der Waals surface area contributed by atoms with Gasteiger partial charge in [-0.3, -0.25) is 9.48 Å². The van der Waals surface area contributed by atoms with Gasteiger partial charge in [-0.15, -0.1) is 11.3 Å². The normalized spacial score (nSPS) is 20.8. The monoisotopic (exact) mass is 370 g/mol. The van der Waals surface area contributed by atoms with Gasteiger partial charge in [0.1, 0.15) is 0 Å². The third-order valence-electron chi connectivity index (χ3n) is 5.10. The SMILES string of the molecule is Cc1cc(C(=O)N[C@H](c2cccs2)C2CC(O)C2)c2c(C)nn(C)c2n1. The molecule has 1 saturated carbocycles. The van der Waals surface area contributed by atoms with Crippen LogP contribution in [-0.4, -0.2) is 31.9 Å². The van der Waals surface area contributed by atoms with Crippen molar-refractivity contribution in [3.05, 3.63) is 45.4 Å². The third-order valence-corrected chi connectivity index (χ3v) is 6.05. The number of fused-ring (bicyclic) bond motifs is 1. The van der Waals surface area contributed by atoms with E-state index in [-0.39, 0.29) is 24.0 Å². The Morgan fingerprint density at radius 1 is 1.42 bits per heavy atom. The van der Waals surface area contributed by atoms with Crippen LogP contribution in [0.3, 0.4) is 0 Å². The molecule has 0 unspecified atom stereocenters. The van der Waals surface area contributed by atoms with Crippen LogP contribution in [0.25, 0.3) is 11.0 Å². The molecular formula is C19H22N4O2S. The number of aryl methyl sites for hydroxylation is 3. The first-order chi connectivity index (χ1) is 12.4. The van der Waals surface area contributed by atoms with E-state index in [0.717, 1.165) is 40.1 Å². The minimum Gasteiger partial charge on any atom is -0.393 e. The van der Waals surface area contributed by atoms with Gasteiger partial charge < -0.3 is 10.4 Å². The lowest BCUT2D eigenvalue weighted by molar-refractivity contribution is 0.0241. The Morgan fingerprint density at radius 2 is 2.19 bits per heavy atom. The van der Waals surface area contributed by atoms with E-state index in [9.17, 15) is 9.90 Å². The number of hydrogen-bond acceptors (Lipinski definition) is 5. The van der Waals surface area contributed by atoms with Gasteiger partial charge in [0, 0.05) is 17.6 Å². The van der Waals surface area contributed by atoms with Gasteiger partial charge in [0.15, 0.2) is 5.65 Å². The fourth-order valence-corrected chi connectivity index (χ4v) is 4.63. The smallest absolute Gasteiger partial charge is 0.252 e. The van der Waals surface area contributed by atoms with E-state index >= 15 is 0 Å². The number of aliphatic hydroxyl groups is 1. The van der Waals surface area contributed by atoms with Gasteiger partial charge in [0.2, 0.25) is 0 Å². The number of rotatable bonds is 4. The van der Waals surface area contributed by atoms with E-state index < -0.39 is 0 Å². The zero-order chi connectivity index (χ0) is 18.4. The van der Waals surface area contributed by atoms with Crippen molar-refractivity contribution in [2.45, 2.75) is 38.8 Å². The number of nitrogens with zero attached hydrogens (tertiary/aromatic N) is 3. The fraction of sp³-hybridized carbons (Fsp3) is 0.421. The van der Waals surface area contributed by atoms with Crippen molar-refractivity contribution < 1.29 is 9.90 Å². The van der Waals surface area contributed by atoms with Crippen LogP contribution in [0.15, 0.2) is 23.6 Å². The highest BCUT2D eigenvalue weighted by Crippen LogP contribution is 2.39. The molecule has 3 aromatic heterocycles. The summed E-state index contributed by atoms with van der Waals surface area (Å²) in [7, 11) is 1.84. The lowest BCUT2D eigenvalue weighted by Crippen LogP contribution is -2.41. The molecule has 3 heterocycles. The molecule has 4 rings (SSSR count). The summed E-state index contributed by atoms with van der Waals surface area (Å²) in [5.41, 5.74) is 2.92. The number of pyridine rings is 1. The standard InChI is InChI=1S/C19H22N4O2S/c1-10-7-14(16-11(2)22-23(3)18(16)20-10)19(25)21-17(12-8-13(24)9-12)15-5-4-6-26-15/h4-7,12-13,17,24H,8-9H2,1-3H3,(H,21,25)/t12?,13?,17-/m0/s1. The summed E-state index contributed by atoms with van der Waals surface area (Å²) in [5.74, 6) is 0.150. The summed E-state index contributed by atoms with van der Waals surface area (Å²) in [4.78, 5) is 18.8. The molecule has 136 valence electrons. The van der Waals surface area contributed by atoms with Gasteiger partial charge in [-0.1, -0.05) is 6.07 Å². The molecule has 1 amide bonds. The van der Waals surface area contributed by atoms with E-state index in [1.807, 2.05) is 44.5 Å². The molecule has 26 heavy (non-hydrogen) atoms. The van der Waals surface area contributed by atoms with Gasteiger partial charge in [0.25, 0.3) is 5.91 Å². The average Bonchev–Trinajstić information content (AvgIpc) is 3.18. The van der Waals surface area contributed by atoms with E-state index in [1.54, 1.807) is 16.0 Å². The molecule has 1 fully saturated rings. The number of carbonyl (C=O) groups is 1. The molecule has 0 aromatic carbocycles. The summed E-state index contributed by atoms with van der Waals surface area (Å²) in [5, 5.41) is 20.2. The second-order valence-corrected chi connectivity index (χ2v) is 8.05. The Balaban J connectivity index is 1.70. The zero-order valence-electron chi connectivity index (χ0n) is 15.1. The van der Waals surface area contributed by atoms with Crippen LogP contribution in [0.4, 0.5) is 0 Å². The Bertz CT molecular complexity index is 958. The van der Waals surface area contributed by atoms with Crippen molar-refractivity contribution in [3.8, 4) is 0 Å². The van der Waals surface area contributed by atoms with E-state index in [1.165, 1.54) is 0 Å². The van der Waals surface area contributed by atoms with Crippen LogP contribution in [-0.2, 0) is 7.05 Å². The zero-order valence-corrected chi connectivity index (χ0v) is 15.9. The van der Waals surface area contributed by atoms with Crippen molar-refractivity contribution in [1.29, 1.82) is 0 Å². The quantitative estimate of drug-likeness (QED) is 0.740. The maximum atomic E-state index is 13.2. The van der Waals surface area contributed by atoms with Crippen molar-refractivity contribution in [3.63, 3.8) is 0 Å². The van der Waals surface area contributed by atoms with Gasteiger partial charge in [-0.05, 0) is 50.1 Å².